The molecule has 0 unspecified atom stereocenters. The number of pyridine rings is 1. The number of aromatic nitrogens is 6. The minimum absolute atomic E-state index is 0.560. The maximum absolute atomic E-state index is 9.03. The SMILES string of the molecule is N#Cc1ccc2ncc3nc(Cc4c[nH]nn4)[nH]c3c2c1. The maximum atomic E-state index is 9.03. The van der Waals surface area contributed by atoms with Crippen LogP contribution in [0.25, 0.3) is 21.9 Å². The van der Waals surface area contributed by atoms with E-state index in [1.807, 2.05) is 12.1 Å². The number of aromatic amines is 2. The van der Waals surface area contributed by atoms with Gasteiger partial charge in [-0.2, -0.15) is 5.26 Å². The van der Waals surface area contributed by atoms with E-state index in [1.54, 1.807) is 18.5 Å². The van der Waals surface area contributed by atoms with Crippen LogP contribution >= 0.6 is 0 Å². The smallest absolute Gasteiger partial charge is 0.113 e. The Morgan fingerprint density at radius 2 is 2.19 bits per heavy atom. The fraction of sp³-hybridized carbons (Fsp3) is 0.0714. The lowest BCUT2D eigenvalue weighted by molar-refractivity contribution is 0.902. The van der Waals surface area contributed by atoms with Gasteiger partial charge in [0, 0.05) is 11.6 Å². The number of nitrogens with zero attached hydrogens (tertiary/aromatic N) is 5. The summed E-state index contributed by atoms with van der Waals surface area (Å²) in [6, 6.07) is 7.56. The van der Waals surface area contributed by atoms with Crippen molar-refractivity contribution in [3.63, 3.8) is 0 Å². The van der Waals surface area contributed by atoms with Gasteiger partial charge in [0.15, 0.2) is 0 Å². The summed E-state index contributed by atoms with van der Waals surface area (Å²) >= 11 is 0. The highest BCUT2D eigenvalue weighted by atomic mass is 15.3. The number of benzene rings is 1. The summed E-state index contributed by atoms with van der Waals surface area (Å²) in [6.07, 6.45) is 4.02. The number of nitriles is 1. The number of rotatable bonds is 2. The third-order valence-electron chi connectivity index (χ3n) is 3.32. The maximum Gasteiger partial charge on any atom is 0.113 e. The van der Waals surface area contributed by atoms with E-state index in [2.05, 4.69) is 36.4 Å². The lowest BCUT2D eigenvalue weighted by Gasteiger charge is -1.98. The van der Waals surface area contributed by atoms with E-state index < -0.39 is 0 Å². The summed E-state index contributed by atoms with van der Waals surface area (Å²) in [7, 11) is 0. The van der Waals surface area contributed by atoms with Crippen molar-refractivity contribution in [1.82, 2.24) is 30.4 Å². The minimum Gasteiger partial charge on any atom is -0.341 e. The molecule has 100 valence electrons. The third-order valence-corrected chi connectivity index (χ3v) is 3.32. The third kappa shape index (κ3) is 1.90. The molecule has 0 saturated carbocycles. The summed E-state index contributed by atoms with van der Waals surface area (Å²) < 4.78 is 0. The Morgan fingerprint density at radius 3 is 3.00 bits per heavy atom. The highest BCUT2D eigenvalue weighted by molar-refractivity contribution is 6.02. The molecule has 0 radical (unpaired) electrons. The summed E-state index contributed by atoms with van der Waals surface area (Å²) in [5, 5.41) is 20.2. The van der Waals surface area contributed by atoms with Crippen LogP contribution in [0.2, 0.25) is 0 Å². The minimum atomic E-state index is 0.560. The Hall–Kier alpha value is -3.27. The molecule has 4 rings (SSSR count). The molecule has 0 aliphatic carbocycles. The van der Waals surface area contributed by atoms with Crippen LogP contribution in [-0.4, -0.2) is 30.4 Å². The van der Waals surface area contributed by atoms with Crippen molar-refractivity contribution < 1.29 is 0 Å². The van der Waals surface area contributed by atoms with Gasteiger partial charge in [0.25, 0.3) is 0 Å². The van der Waals surface area contributed by atoms with Crippen molar-refractivity contribution in [1.29, 1.82) is 5.26 Å². The molecule has 0 amide bonds. The number of fused-ring (bicyclic) bond motifs is 3. The lowest BCUT2D eigenvalue weighted by Crippen LogP contribution is -1.90. The van der Waals surface area contributed by atoms with Gasteiger partial charge in [-0.25, -0.2) is 4.98 Å². The Balaban J connectivity index is 1.90. The average Bonchev–Trinajstić information content (AvgIpc) is 3.16. The van der Waals surface area contributed by atoms with Crippen molar-refractivity contribution in [2.45, 2.75) is 6.42 Å². The second-order valence-electron chi connectivity index (χ2n) is 4.69. The van der Waals surface area contributed by atoms with Gasteiger partial charge in [0.2, 0.25) is 0 Å². The molecule has 0 bridgehead atoms. The first-order chi connectivity index (χ1) is 10.3. The molecule has 21 heavy (non-hydrogen) atoms. The number of H-pyrrole nitrogens is 2. The first kappa shape index (κ1) is 11.5. The average molecular weight is 275 g/mol. The zero-order valence-electron chi connectivity index (χ0n) is 10.8. The summed E-state index contributed by atoms with van der Waals surface area (Å²) in [5.41, 5.74) is 3.90. The molecule has 0 saturated heterocycles. The molecule has 3 aromatic heterocycles. The predicted octanol–water partition coefficient (Wildman–Crippen LogP) is 1.69. The molecule has 7 nitrogen and oxygen atoms in total. The van der Waals surface area contributed by atoms with Gasteiger partial charge in [-0.3, -0.25) is 10.1 Å². The van der Waals surface area contributed by atoms with Crippen molar-refractivity contribution in [2.24, 2.45) is 0 Å². The van der Waals surface area contributed by atoms with Gasteiger partial charge in [-0.15, -0.1) is 5.10 Å². The molecule has 0 fully saturated rings. The van der Waals surface area contributed by atoms with Crippen LogP contribution < -0.4 is 0 Å². The molecule has 2 N–H and O–H groups in total. The fourth-order valence-corrected chi connectivity index (χ4v) is 2.35. The van der Waals surface area contributed by atoms with E-state index in [9.17, 15) is 0 Å². The van der Waals surface area contributed by atoms with Crippen molar-refractivity contribution in [3.8, 4) is 6.07 Å². The van der Waals surface area contributed by atoms with Crippen LogP contribution in [0, 0.1) is 11.3 Å². The Bertz CT molecular complexity index is 976. The number of hydrogen-bond donors (Lipinski definition) is 2. The number of nitrogens with one attached hydrogen (secondary N) is 2. The van der Waals surface area contributed by atoms with Crippen molar-refractivity contribution >= 4 is 21.9 Å². The summed E-state index contributed by atoms with van der Waals surface area (Å²) in [4.78, 5) is 12.2. The summed E-state index contributed by atoms with van der Waals surface area (Å²) in [6.45, 7) is 0. The molecule has 7 heteroatoms. The van der Waals surface area contributed by atoms with E-state index in [0.717, 1.165) is 33.5 Å². The van der Waals surface area contributed by atoms with Crippen molar-refractivity contribution in [3.05, 3.63) is 47.7 Å². The van der Waals surface area contributed by atoms with E-state index in [0.29, 0.717) is 12.0 Å². The molecule has 0 spiro atoms. The van der Waals surface area contributed by atoms with E-state index in [4.69, 9.17) is 5.26 Å². The van der Waals surface area contributed by atoms with Gasteiger partial charge in [0.1, 0.15) is 11.3 Å². The van der Waals surface area contributed by atoms with Crippen molar-refractivity contribution in [2.75, 3.05) is 0 Å². The van der Waals surface area contributed by atoms with Gasteiger partial charge in [-0.05, 0) is 18.2 Å². The van der Waals surface area contributed by atoms with Crippen LogP contribution in [0.5, 0.6) is 0 Å². The molecule has 3 heterocycles. The Morgan fingerprint density at radius 1 is 1.24 bits per heavy atom. The standard InChI is InChI=1S/C14H9N7/c15-5-8-1-2-11-10(3-8)14-12(7-16-11)18-13(19-14)4-9-6-17-21-20-9/h1-3,6-7H,4H2,(H,18,19)(H,17,20,21). The van der Waals surface area contributed by atoms with Gasteiger partial charge in [0.05, 0.1) is 41.0 Å². The molecular formula is C14H9N7. The Kier molecular flexibility index (Phi) is 2.41. The van der Waals surface area contributed by atoms with E-state index in [1.165, 1.54) is 0 Å². The van der Waals surface area contributed by atoms with E-state index >= 15 is 0 Å². The van der Waals surface area contributed by atoms with Crippen LogP contribution in [-0.2, 0) is 6.42 Å². The molecule has 1 aromatic carbocycles. The second kappa shape index (κ2) is 4.38. The molecule has 4 aromatic rings. The highest BCUT2D eigenvalue weighted by Gasteiger charge is 2.09. The summed E-state index contributed by atoms with van der Waals surface area (Å²) in [5.74, 6) is 0.788. The zero-order chi connectivity index (χ0) is 14.2. The number of imidazole rings is 1. The van der Waals surface area contributed by atoms with E-state index in [-0.39, 0.29) is 0 Å². The van der Waals surface area contributed by atoms with Crippen LogP contribution in [0.3, 0.4) is 0 Å². The molecular weight excluding hydrogens is 266 g/mol. The van der Waals surface area contributed by atoms with Gasteiger partial charge < -0.3 is 4.98 Å². The molecule has 0 aliphatic rings. The molecule has 0 aliphatic heterocycles. The zero-order valence-corrected chi connectivity index (χ0v) is 10.8. The number of hydrogen-bond acceptors (Lipinski definition) is 5. The quantitative estimate of drug-likeness (QED) is 0.579. The largest absolute Gasteiger partial charge is 0.341 e. The van der Waals surface area contributed by atoms with Crippen LogP contribution in [0.4, 0.5) is 0 Å². The monoisotopic (exact) mass is 275 g/mol. The predicted molar refractivity (Wildman–Crippen MR) is 75.3 cm³/mol. The van der Waals surface area contributed by atoms with Gasteiger partial charge >= 0.3 is 0 Å². The fourth-order valence-electron chi connectivity index (χ4n) is 2.35. The topological polar surface area (TPSA) is 107 Å². The lowest BCUT2D eigenvalue weighted by atomic mass is 10.1. The Labute approximate surface area is 118 Å². The van der Waals surface area contributed by atoms with Crippen LogP contribution in [0.15, 0.2) is 30.6 Å². The molecule has 0 atom stereocenters. The highest BCUT2D eigenvalue weighted by Crippen LogP contribution is 2.23. The first-order valence-electron chi connectivity index (χ1n) is 6.36. The van der Waals surface area contributed by atoms with Gasteiger partial charge in [-0.1, -0.05) is 5.21 Å². The van der Waals surface area contributed by atoms with Crippen LogP contribution in [0.1, 0.15) is 17.1 Å². The normalized spacial score (nSPS) is 11.0. The second-order valence-corrected chi connectivity index (χ2v) is 4.69. The first-order valence-corrected chi connectivity index (χ1v) is 6.36.